The first-order chi connectivity index (χ1) is 8.56. The van der Waals surface area contributed by atoms with Gasteiger partial charge in [0.15, 0.2) is 0 Å². The highest BCUT2D eigenvalue weighted by Crippen LogP contribution is 2.32. The van der Waals surface area contributed by atoms with Crippen LogP contribution in [0.5, 0.6) is 11.5 Å². The van der Waals surface area contributed by atoms with Crippen LogP contribution in [-0.2, 0) is 0 Å². The first-order valence-electron chi connectivity index (χ1n) is 5.47. The predicted octanol–water partition coefficient (Wildman–Crippen LogP) is 4.95. The van der Waals surface area contributed by atoms with Gasteiger partial charge in [-0.15, -0.1) is 0 Å². The summed E-state index contributed by atoms with van der Waals surface area (Å²) in [4.78, 5) is 0. The van der Waals surface area contributed by atoms with E-state index in [1.165, 1.54) is 0 Å². The number of benzene rings is 2. The molecule has 0 unspecified atom stereocenters. The highest BCUT2D eigenvalue weighted by molar-refractivity contribution is 9.10. The Labute approximate surface area is 119 Å². The molecule has 0 aliphatic heterocycles. The second kappa shape index (κ2) is 5.74. The summed E-state index contributed by atoms with van der Waals surface area (Å²) in [5.74, 6) is 1.29. The lowest BCUT2D eigenvalue weighted by Gasteiger charge is -2.09. The molecule has 2 aromatic carbocycles. The van der Waals surface area contributed by atoms with Crippen molar-refractivity contribution in [1.82, 2.24) is 0 Å². The smallest absolute Gasteiger partial charge is 0.146 e. The molecule has 0 aliphatic rings. The number of rotatable bonds is 3. The molecule has 0 amide bonds. The van der Waals surface area contributed by atoms with Crippen molar-refractivity contribution in [2.75, 3.05) is 0 Å². The van der Waals surface area contributed by atoms with E-state index in [2.05, 4.69) is 15.9 Å². The van der Waals surface area contributed by atoms with Crippen molar-refractivity contribution < 1.29 is 9.84 Å². The van der Waals surface area contributed by atoms with Crippen molar-refractivity contribution in [2.24, 2.45) is 0 Å². The first-order valence-corrected chi connectivity index (χ1v) is 6.64. The van der Waals surface area contributed by atoms with Gasteiger partial charge in [0.1, 0.15) is 11.5 Å². The third-order valence-corrected chi connectivity index (χ3v) is 3.27. The van der Waals surface area contributed by atoms with Gasteiger partial charge in [0.2, 0.25) is 0 Å². The molecule has 18 heavy (non-hydrogen) atoms. The van der Waals surface area contributed by atoms with E-state index in [-0.39, 0.29) is 0 Å². The maximum Gasteiger partial charge on any atom is 0.146 e. The van der Waals surface area contributed by atoms with Gasteiger partial charge in [-0.25, -0.2) is 0 Å². The standard InChI is InChI=1S/C14H12BrClO2/c1-9(17)10-2-5-12(6-3-10)18-14-7-4-11(15)8-13(14)16/h2-9,17H,1H3/t9-/m1/s1. The van der Waals surface area contributed by atoms with Gasteiger partial charge >= 0.3 is 0 Å². The van der Waals surface area contributed by atoms with E-state index in [0.717, 1.165) is 10.0 Å². The van der Waals surface area contributed by atoms with Crippen LogP contribution in [0.3, 0.4) is 0 Å². The average Bonchev–Trinajstić information content (AvgIpc) is 2.33. The highest BCUT2D eigenvalue weighted by Gasteiger charge is 2.05. The van der Waals surface area contributed by atoms with Crippen molar-refractivity contribution in [2.45, 2.75) is 13.0 Å². The van der Waals surface area contributed by atoms with Crippen LogP contribution in [0.1, 0.15) is 18.6 Å². The van der Waals surface area contributed by atoms with Crippen LogP contribution in [0.4, 0.5) is 0 Å². The van der Waals surface area contributed by atoms with E-state index in [1.54, 1.807) is 31.2 Å². The summed E-state index contributed by atoms with van der Waals surface area (Å²) >= 11 is 9.41. The number of hydrogen-bond donors (Lipinski definition) is 1. The Bertz CT molecular complexity index is 538. The summed E-state index contributed by atoms with van der Waals surface area (Å²) < 4.78 is 6.57. The number of hydrogen-bond acceptors (Lipinski definition) is 2. The summed E-state index contributed by atoms with van der Waals surface area (Å²) in [5.41, 5.74) is 0.851. The molecule has 1 N–H and O–H groups in total. The van der Waals surface area contributed by atoms with Crippen LogP contribution in [0.25, 0.3) is 0 Å². The Balaban J connectivity index is 2.18. The van der Waals surface area contributed by atoms with E-state index in [9.17, 15) is 5.11 Å². The van der Waals surface area contributed by atoms with Crippen molar-refractivity contribution in [3.63, 3.8) is 0 Å². The summed E-state index contributed by atoms with van der Waals surface area (Å²) in [6.07, 6.45) is -0.477. The van der Waals surface area contributed by atoms with Gasteiger partial charge in [-0.2, -0.15) is 0 Å². The van der Waals surface area contributed by atoms with Crippen LogP contribution < -0.4 is 4.74 Å². The van der Waals surface area contributed by atoms with Gasteiger partial charge in [-0.1, -0.05) is 39.7 Å². The van der Waals surface area contributed by atoms with Gasteiger partial charge in [-0.05, 0) is 42.8 Å². The highest BCUT2D eigenvalue weighted by atomic mass is 79.9. The van der Waals surface area contributed by atoms with Gasteiger partial charge in [0.05, 0.1) is 11.1 Å². The molecule has 2 rings (SSSR count). The third kappa shape index (κ3) is 3.25. The SMILES string of the molecule is C[C@@H](O)c1ccc(Oc2ccc(Br)cc2Cl)cc1. The Morgan fingerprint density at radius 3 is 2.39 bits per heavy atom. The maximum atomic E-state index is 9.41. The largest absolute Gasteiger partial charge is 0.456 e. The molecule has 1 atom stereocenters. The molecule has 0 saturated carbocycles. The number of halogens is 2. The van der Waals surface area contributed by atoms with Crippen molar-refractivity contribution in [1.29, 1.82) is 0 Å². The fraction of sp³-hybridized carbons (Fsp3) is 0.143. The molecule has 2 aromatic rings. The summed E-state index contributed by atoms with van der Waals surface area (Å²) in [5, 5.41) is 9.96. The van der Waals surface area contributed by atoms with Gasteiger partial charge < -0.3 is 9.84 Å². The topological polar surface area (TPSA) is 29.5 Å². The minimum atomic E-state index is -0.477. The van der Waals surface area contributed by atoms with Crippen molar-refractivity contribution in [3.05, 3.63) is 57.5 Å². The van der Waals surface area contributed by atoms with E-state index in [0.29, 0.717) is 16.5 Å². The number of ether oxygens (including phenoxy) is 1. The van der Waals surface area contributed by atoms with Crippen LogP contribution in [0, 0.1) is 0 Å². The number of aliphatic hydroxyl groups is 1. The third-order valence-electron chi connectivity index (χ3n) is 2.48. The average molecular weight is 328 g/mol. The lowest BCUT2D eigenvalue weighted by molar-refractivity contribution is 0.199. The molecule has 0 aromatic heterocycles. The van der Waals surface area contributed by atoms with Gasteiger partial charge in [0.25, 0.3) is 0 Å². The van der Waals surface area contributed by atoms with E-state index < -0.39 is 6.10 Å². The molecule has 0 saturated heterocycles. The van der Waals surface area contributed by atoms with E-state index in [1.807, 2.05) is 18.2 Å². The molecule has 0 bridgehead atoms. The molecule has 2 nitrogen and oxygen atoms in total. The summed E-state index contributed by atoms with van der Waals surface area (Å²) in [7, 11) is 0. The Hall–Kier alpha value is -1.03. The molecule has 0 fully saturated rings. The molecule has 94 valence electrons. The van der Waals surface area contributed by atoms with Gasteiger partial charge in [-0.3, -0.25) is 0 Å². The van der Waals surface area contributed by atoms with Crippen LogP contribution in [0.15, 0.2) is 46.9 Å². The van der Waals surface area contributed by atoms with Crippen LogP contribution in [-0.4, -0.2) is 5.11 Å². The zero-order valence-electron chi connectivity index (χ0n) is 9.73. The molecule has 0 spiro atoms. The molecule has 0 aliphatic carbocycles. The van der Waals surface area contributed by atoms with Gasteiger partial charge in [0, 0.05) is 4.47 Å². The Kier molecular flexibility index (Phi) is 4.27. The second-order valence-corrected chi connectivity index (χ2v) is 5.24. The van der Waals surface area contributed by atoms with Crippen molar-refractivity contribution >= 4 is 27.5 Å². The van der Waals surface area contributed by atoms with E-state index in [4.69, 9.17) is 16.3 Å². The summed E-state index contributed by atoms with van der Waals surface area (Å²) in [6.45, 7) is 1.72. The Morgan fingerprint density at radius 1 is 1.17 bits per heavy atom. The maximum absolute atomic E-state index is 9.41. The fourth-order valence-corrected chi connectivity index (χ4v) is 2.21. The van der Waals surface area contributed by atoms with Crippen molar-refractivity contribution in [3.8, 4) is 11.5 Å². The molecule has 4 heteroatoms. The minimum Gasteiger partial charge on any atom is -0.456 e. The lowest BCUT2D eigenvalue weighted by atomic mass is 10.1. The first kappa shape index (κ1) is 13.4. The van der Waals surface area contributed by atoms with Crippen LogP contribution >= 0.6 is 27.5 Å². The molecule has 0 heterocycles. The second-order valence-electron chi connectivity index (χ2n) is 3.92. The fourth-order valence-electron chi connectivity index (χ4n) is 1.50. The normalized spacial score (nSPS) is 12.2. The lowest BCUT2D eigenvalue weighted by Crippen LogP contribution is -1.91. The zero-order chi connectivity index (χ0) is 13.1. The zero-order valence-corrected chi connectivity index (χ0v) is 12.1. The predicted molar refractivity (Wildman–Crippen MR) is 76.3 cm³/mol. The van der Waals surface area contributed by atoms with Crippen LogP contribution in [0.2, 0.25) is 5.02 Å². The minimum absolute atomic E-state index is 0.477. The molecule has 0 radical (unpaired) electrons. The summed E-state index contributed by atoms with van der Waals surface area (Å²) in [6, 6.07) is 12.7. The Morgan fingerprint density at radius 2 is 1.83 bits per heavy atom. The number of aliphatic hydroxyl groups excluding tert-OH is 1. The monoisotopic (exact) mass is 326 g/mol. The quantitative estimate of drug-likeness (QED) is 0.864. The molecular formula is C14H12BrClO2. The van der Waals surface area contributed by atoms with E-state index >= 15 is 0 Å². The molecular weight excluding hydrogens is 316 g/mol.